The first kappa shape index (κ1) is 22.4. The number of halogens is 3. The molecule has 2 fully saturated rings. The van der Waals surface area contributed by atoms with E-state index in [4.69, 9.17) is 16.3 Å². The van der Waals surface area contributed by atoms with Crippen molar-refractivity contribution in [3.63, 3.8) is 0 Å². The third-order valence-electron chi connectivity index (χ3n) is 6.11. The van der Waals surface area contributed by atoms with E-state index >= 15 is 0 Å². The molecule has 1 N–H and O–H groups in total. The Kier molecular flexibility index (Phi) is 7.04. The standard InChI is InChI=1S/C23H25ClF2N2O2S/c1-28-16-4-5-17(28)10-19(9-16)31-22-7-6-18(11-20(22)24)30-13-23(29)27-12-14-2-3-15(25)8-21(14)26/h2-3,6-8,11,16-17,19H,4-5,9-10,12-13H2,1H3,(H,27,29). The third-order valence-corrected chi connectivity index (χ3v) is 7.87. The number of carbonyl (C=O) groups excluding carboxylic acids is 1. The fourth-order valence-electron chi connectivity index (χ4n) is 4.36. The molecule has 2 aromatic rings. The van der Waals surface area contributed by atoms with E-state index in [1.165, 1.54) is 31.7 Å². The second-order valence-electron chi connectivity index (χ2n) is 8.16. The molecule has 0 aliphatic carbocycles. The Morgan fingerprint density at radius 2 is 1.94 bits per heavy atom. The van der Waals surface area contributed by atoms with Gasteiger partial charge < -0.3 is 15.0 Å². The molecule has 4 rings (SSSR count). The van der Waals surface area contributed by atoms with Crippen molar-refractivity contribution in [1.82, 2.24) is 10.2 Å². The van der Waals surface area contributed by atoms with Crippen LogP contribution in [0.5, 0.6) is 5.75 Å². The van der Waals surface area contributed by atoms with E-state index in [1.54, 1.807) is 6.07 Å². The van der Waals surface area contributed by atoms with Crippen LogP contribution in [0.1, 0.15) is 31.2 Å². The van der Waals surface area contributed by atoms with Crippen LogP contribution in [-0.2, 0) is 11.3 Å². The van der Waals surface area contributed by atoms with Crippen molar-refractivity contribution in [2.75, 3.05) is 13.7 Å². The minimum Gasteiger partial charge on any atom is -0.484 e. The van der Waals surface area contributed by atoms with Gasteiger partial charge in [-0.15, -0.1) is 11.8 Å². The number of carbonyl (C=O) groups is 1. The van der Waals surface area contributed by atoms with Gasteiger partial charge in [0.15, 0.2) is 6.61 Å². The Labute approximate surface area is 190 Å². The van der Waals surface area contributed by atoms with Gasteiger partial charge >= 0.3 is 0 Å². The molecular formula is C23H25ClF2N2O2S. The molecule has 2 aliphatic heterocycles. The van der Waals surface area contributed by atoms with Crippen molar-refractivity contribution in [1.29, 1.82) is 0 Å². The maximum Gasteiger partial charge on any atom is 0.258 e. The molecule has 1 amide bonds. The summed E-state index contributed by atoms with van der Waals surface area (Å²) in [5.74, 6) is -1.25. The molecule has 2 aromatic carbocycles. The fraction of sp³-hybridized carbons (Fsp3) is 0.435. The van der Waals surface area contributed by atoms with E-state index in [-0.39, 0.29) is 18.7 Å². The molecule has 2 aliphatic rings. The van der Waals surface area contributed by atoms with E-state index in [9.17, 15) is 13.6 Å². The number of benzene rings is 2. The van der Waals surface area contributed by atoms with E-state index < -0.39 is 17.5 Å². The molecule has 4 nitrogen and oxygen atoms in total. The molecule has 8 heteroatoms. The number of piperidine rings is 1. The number of hydrogen-bond acceptors (Lipinski definition) is 4. The Hall–Kier alpha value is -1.83. The summed E-state index contributed by atoms with van der Waals surface area (Å²) < 4.78 is 32.1. The number of amides is 1. The number of hydrogen-bond donors (Lipinski definition) is 1. The predicted octanol–water partition coefficient (Wildman–Crippen LogP) is 5.03. The van der Waals surface area contributed by atoms with Gasteiger partial charge in [0.2, 0.25) is 0 Å². The summed E-state index contributed by atoms with van der Waals surface area (Å²) in [5, 5.41) is 3.74. The second kappa shape index (κ2) is 9.76. The molecule has 166 valence electrons. The van der Waals surface area contributed by atoms with Crippen LogP contribution in [0.4, 0.5) is 8.78 Å². The van der Waals surface area contributed by atoms with E-state index in [2.05, 4.69) is 17.3 Å². The first-order chi connectivity index (χ1) is 14.9. The highest BCUT2D eigenvalue weighted by Crippen LogP contribution is 2.43. The molecule has 0 saturated carbocycles. The minimum atomic E-state index is -0.696. The fourth-order valence-corrected chi connectivity index (χ4v) is 5.98. The van der Waals surface area contributed by atoms with Gasteiger partial charge in [0.05, 0.1) is 5.02 Å². The largest absolute Gasteiger partial charge is 0.484 e. The number of rotatable bonds is 7. The monoisotopic (exact) mass is 466 g/mol. The maximum atomic E-state index is 13.6. The number of nitrogens with zero attached hydrogens (tertiary/aromatic N) is 1. The van der Waals surface area contributed by atoms with Crippen LogP contribution in [0.25, 0.3) is 0 Å². The average Bonchev–Trinajstić information content (AvgIpc) is 2.94. The summed E-state index contributed by atoms with van der Waals surface area (Å²) in [6, 6.07) is 10.1. The summed E-state index contributed by atoms with van der Waals surface area (Å²) in [5.41, 5.74) is 0.210. The van der Waals surface area contributed by atoms with Crippen LogP contribution in [0.3, 0.4) is 0 Å². The zero-order valence-electron chi connectivity index (χ0n) is 17.2. The van der Waals surface area contributed by atoms with Gasteiger partial charge in [-0.25, -0.2) is 8.78 Å². The molecule has 2 atom stereocenters. The Morgan fingerprint density at radius 3 is 2.61 bits per heavy atom. The molecule has 31 heavy (non-hydrogen) atoms. The average molecular weight is 467 g/mol. The molecule has 2 bridgehead atoms. The normalized spacial score (nSPS) is 23.0. The van der Waals surface area contributed by atoms with Crippen molar-refractivity contribution in [2.45, 2.75) is 54.5 Å². The summed E-state index contributed by atoms with van der Waals surface area (Å²) in [4.78, 5) is 15.5. The maximum absolute atomic E-state index is 13.6. The number of fused-ring (bicyclic) bond motifs is 2. The molecule has 2 saturated heterocycles. The van der Waals surface area contributed by atoms with Crippen molar-refractivity contribution < 1.29 is 18.3 Å². The quantitative estimate of drug-likeness (QED) is 0.621. The lowest BCUT2D eigenvalue weighted by Gasteiger charge is -2.36. The highest BCUT2D eigenvalue weighted by atomic mass is 35.5. The summed E-state index contributed by atoms with van der Waals surface area (Å²) in [6.45, 7) is -0.257. The highest BCUT2D eigenvalue weighted by Gasteiger charge is 2.38. The second-order valence-corrected chi connectivity index (χ2v) is 9.90. The van der Waals surface area contributed by atoms with E-state index in [0.29, 0.717) is 28.1 Å². The van der Waals surface area contributed by atoms with Crippen molar-refractivity contribution in [3.05, 3.63) is 58.6 Å². The third kappa shape index (κ3) is 5.51. The number of thioether (sulfide) groups is 1. The van der Waals surface area contributed by atoms with Crippen molar-refractivity contribution >= 4 is 29.3 Å². The minimum absolute atomic E-state index is 0.0385. The Bertz CT molecular complexity index is 947. The van der Waals surface area contributed by atoms with Crippen LogP contribution in [-0.4, -0.2) is 41.8 Å². The van der Waals surface area contributed by atoms with Gasteiger partial charge in [-0.1, -0.05) is 17.7 Å². The number of nitrogens with one attached hydrogen (secondary N) is 1. The van der Waals surface area contributed by atoms with Crippen molar-refractivity contribution in [3.8, 4) is 5.75 Å². The van der Waals surface area contributed by atoms with Crippen LogP contribution >= 0.6 is 23.4 Å². The van der Waals surface area contributed by atoms with Crippen LogP contribution < -0.4 is 10.1 Å². The van der Waals surface area contributed by atoms with E-state index in [0.717, 1.165) is 17.0 Å². The topological polar surface area (TPSA) is 41.6 Å². The SMILES string of the molecule is CN1C2CCC1CC(Sc1ccc(OCC(=O)NCc3ccc(F)cc3F)cc1Cl)C2. The Balaban J connectivity index is 1.26. The van der Waals surface area contributed by atoms with E-state index in [1.807, 2.05) is 23.9 Å². The first-order valence-electron chi connectivity index (χ1n) is 10.4. The summed E-state index contributed by atoms with van der Waals surface area (Å²) in [7, 11) is 2.23. The van der Waals surface area contributed by atoms with Gasteiger partial charge in [0.25, 0.3) is 5.91 Å². The lowest BCUT2D eigenvalue weighted by molar-refractivity contribution is -0.123. The molecule has 2 heterocycles. The molecule has 0 radical (unpaired) electrons. The Morgan fingerprint density at radius 1 is 1.19 bits per heavy atom. The smallest absolute Gasteiger partial charge is 0.258 e. The van der Waals surface area contributed by atoms with Gasteiger partial charge in [0.1, 0.15) is 17.4 Å². The molecule has 0 aromatic heterocycles. The molecule has 2 unspecified atom stereocenters. The van der Waals surface area contributed by atoms with Crippen LogP contribution in [0, 0.1) is 11.6 Å². The summed E-state index contributed by atoms with van der Waals surface area (Å²) in [6.07, 6.45) is 4.94. The van der Waals surface area contributed by atoms with Crippen molar-refractivity contribution in [2.24, 2.45) is 0 Å². The predicted molar refractivity (Wildman–Crippen MR) is 119 cm³/mol. The van der Waals surface area contributed by atoms with Gasteiger partial charge in [-0.05, 0) is 57.0 Å². The molecular weight excluding hydrogens is 442 g/mol. The van der Waals surface area contributed by atoms with Gasteiger partial charge in [-0.3, -0.25) is 4.79 Å². The highest BCUT2D eigenvalue weighted by molar-refractivity contribution is 8.00. The van der Waals surface area contributed by atoms with Crippen LogP contribution in [0.2, 0.25) is 5.02 Å². The summed E-state index contributed by atoms with van der Waals surface area (Å²) >= 11 is 8.29. The lowest BCUT2D eigenvalue weighted by atomic mass is 10.0. The first-order valence-corrected chi connectivity index (χ1v) is 11.7. The number of ether oxygens (including phenoxy) is 1. The zero-order chi connectivity index (χ0) is 22.0. The van der Waals surface area contributed by atoms with Gasteiger partial charge in [-0.2, -0.15) is 0 Å². The molecule has 0 spiro atoms. The zero-order valence-corrected chi connectivity index (χ0v) is 18.8. The van der Waals surface area contributed by atoms with Crippen LogP contribution in [0.15, 0.2) is 41.3 Å². The lowest BCUT2D eigenvalue weighted by Crippen LogP contribution is -2.40. The van der Waals surface area contributed by atoms with Gasteiger partial charge in [0, 0.05) is 40.4 Å².